The van der Waals surface area contributed by atoms with E-state index in [0.717, 1.165) is 6.07 Å². The maximum Gasteiger partial charge on any atom is 0.340 e. The molecule has 166 valence electrons. The number of anilines is 1. The van der Waals surface area contributed by atoms with Crippen molar-refractivity contribution in [1.29, 1.82) is 0 Å². The highest BCUT2D eigenvalue weighted by Crippen LogP contribution is 2.46. The maximum atomic E-state index is 12.9. The average molecular weight is 459 g/mol. The van der Waals surface area contributed by atoms with Crippen molar-refractivity contribution in [3.05, 3.63) is 53.1 Å². The summed E-state index contributed by atoms with van der Waals surface area (Å²) >= 11 is 0. The predicted octanol–water partition coefficient (Wildman–Crippen LogP) is 3.28. The third kappa shape index (κ3) is 3.62. The zero-order valence-corrected chi connectivity index (χ0v) is 17.9. The molecule has 0 saturated heterocycles. The second-order valence-electron chi connectivity index (χ2n) is 6.61. The molecule has 0 aliphatic rings. The number of furan rings is 1. The molecule has 0 spiro atoms. The van der Waals surface area contributed by atoms with Crippen molar-refractivity contribution in [2.75, 3.05) is 19.5 Å². The molecule has 10 nitrogen and oxygen atoms in total. The smallest absolute Gasteiger partial charge is 0.340 e. The van der Waals surface area contributed by atoms with Gasteiger partial charge in [-0.05, 0) is 30.3 Å². The largest absolute Gasteiger partial charge is 0.495 e. The molecule has 4 aromatic rings. The molecule has 1 amide bonds. The Balaban J connectivity index is 1.89. The highest BCUT2D eigenvalue weighted by atomic mass is 32.2. The number of amides is 1. The van der Waals surface area contributed by atoms with Gasteiger partial charge in [0.1, 0.15) is 16.0 Å². The monoisotopic (exact) mass is 459 g/mol. The van der Waals surface area contributed by atoms with Gasteiger partial charge in [0.05, 0.1) is 31.9 Å². The third-order valence-corrected chi connectivity index (χ3v) is 5.79. The van der Waals surface area contributed by atoms with Gasteiger partial charge in [0.15, 0.2) is 16.9 Å². The van der Waals surface area contributed by atoms with Crippen molar-refractivity contribution in [1.82, 2.24) is 0 Å². The van der Waals surface area contributed by atoms with Crippen LogP contribution in [0.4, 0.5) is 5.69 Å². The van der Waals surface area contributed by atoms with Crippen LogP contribution >= 0.6 is 0 Å². The Morgan fingerprint density at radius 3 is 2.31 bits per heavy atom. The summed E-state index contributed by atoms with van der Waals surface area (Å²) in [6.07, 6.45) is 1.39. The highest BCUT2D eigenvalue weighted by molar-refractivity contribution is 7.87. The normalized spacial score (nSPS) is 11.5. The number of carbonyl (C=O) groups excluding carboxylic acids is 1. The van der Waals surface area contributed by atoms with Gasteiger partial charge in [0, 0.05) is 12.6 Å². The molecule has 2 heterocycles. The summed E-state index contributed by atoms with van der Waals surface area (Å²) in [5.74, 6) is -0.341. The van der Waals surface area contributed by atoms with E-state index in [1.165, 1.54) is 51.7 Å². The summed E-state index contributed by atoms with van der Waals surface area (Å²) in [6.45, 7) is 1.33. The molecular weight excluding hydrogens is 442 g/mol. The van der Waals surface area contributed by atoms with E-state index in [9.17, 15) is 18.0 Å². The summed E-state index contributed by atoms with van der Waals surface area (Å²) in [4.78, 5) is 23.2. The van der Waals surface area contributed by atoms with E-state index in [1.807, 2.05) is 0 Å². The van der Waals surface area contributed by atoms with E-state index in [1.54, 1.807) is 6.07 Å². The number of hydrogen-bond donors (Lipinski definition) is 1. The highest BCUT2D eigenvalue weighted by Gasteiger charge is 2.27. The van der Waals surface area contributed by atoms with Gasteiger partial charge in [-0.15, -0.1) is 0 Å². The van der Waals surface area contributed by atoms with E-state index < -0.39 is 15.7 Å². The molecule has 0 aliphatic carbocycles. The molecule has 1 N–H and O–H groups in total. The lowest BCUT2D eigenvalue weighted by Crippen LogP contribution is -2.12. The van der Waals surface area contributed by atoms with Crippen LogP contribution in [0.1, 0.15) is 6.92 Å². The van der Waals surface area contributed by atoms with Crippen LogP contribution in [0, 0.1) is 0 Å². The van der Waals surface area contributed by atoms with Crippen molar-refractivity contribution in [2.45, 2.75) is 11.8 Å². The second-order valence-corrected chi connectivity index (χ2v) is 8.15. The Morgan fingerprint density at radius 1 is 1.00 bits per heavy atom. The Morgan fingerprint density at radius 2 is 1.69 bits per heavy atom. The first kappa shape index (κ1) is 21.2. The molecule has 0 atom stereocenters. The molecule has 2 aromatic carbocycles. The van der Waals surface area contributed by atoms with Crippen LogP contribution in [-0.2, 0) is 14.9 Å². The quantitative estimate of drug-likeness (QED) is 0.340. The van der Waals surface area contributed by atoms with Gasteiger partial charge in [0.25, 0.3) is 0 Å². The first-order valence-electron chi connectivity index (χ1n) is 9.16. The van der Waals surface area contributed by atoms with Gasteiger partial charge in [-0.2, -0.15) is 8.42 Å². The maximum absolute atomic E-state index is 12.9. The molecule has 0 fully saturated rings. The molecule has 11 heteroatoms. The van der Waals surface area contributed by atoms with Crippen molar-refractivity contribution >= 4 is 43.7 Å². The molecule has 0 radical (unpaired) electrons. The number of methoxy groups -OCH3 is 2. The van der Waals surface area contributed by atoms with E-state index in [2.05, 4.69) is 5.32 Å². The zero-order valence-electron chi connectivity index (χ0n) is 17.1. The number of hydrogen-bond acceptors (Lipinski definition) is 9. The van der Waals surface area contributed by atoms with E-state index in [-0.39, 0.29) is 44.6 Å². The number of nitrogens with one attached hydrogen (secondary N) is 1. The average Bonchev–Trinajstić information content (AvgIpc) is 3.21. The van der Waals surface area contributed by atoms with Gasteiger partial charge in [-0.1, -0.05) is 0 Å². The number of benzene rings is 2. The number of ether oxygens (including phenoxy) is 2. The Bertz CT molecular complexity index is 1500. The van der Waals surface area contributed by atoms with E-state index in [4.69, 9.17) is 22.5 Å². The SMILES string of the molecule is COc1c2occc2c(OC)c2c(OS(=O)(=O)c3ccc(NC(C)=O)cc3)cc(=O)oc12. The molecular formula is C21H17NO9S. The van der Waals surface area contributed by atoms with Crippen LogP contribution in [0.15, 0.2) is 61.2 Å². The fourth-order valence-corrected chi connectivity index (χ4v) is 4.22. The first-order chi connectivity index (χ1) is 15.2. The topological polar surface area (TPSA) is 134 Å². The van der Waals surface area contributed by atoms with Crippen LogP contribution in [0.25, 0.3) is 21.9 Å². The standard InChI is InChI=1S/C21H17NO9S/c1-11(23)22-12-4-6-13(7-5-12)32(25,26)31-15-10-16(24)30-20-17(15)18(27-2)14-8-9-29-19(14)21(20)28-3/h4-10H,1-3H3,(H,22,23). The van der Waals surface area contributed by atoms with Crippen molar-refractivity contribution in [2.24, 2.45) is 0 Å². The van der Waals surface area contributed by atoms with Crippen LogP contribution in [0.5, 0.6) is 17.2 Å². The third-order valence-electron chi connectivity index (χ3n) is 4.55. The van der Waals surface area contributed by atoms with Gasteiger partial charge >= 0.3 is 15.7 Å². The summed E-state index contributed by atoms with van der Waals surface area (Å²) in [6, 6.07) is 7.85. The number of fused-ring (bicyclic) bond motifs is 2. The zero-order chi connectivity index (χ0) is 23.0. The minimum absolute atomic E-state index is 0.0799. The Hall–Kier alpha value is -3.99. The lowest BCUT2D eigenvalue weighted by molar-refractivity contribution is -0.114. The minimum atomic E-state index is -4.36. The summed E-state index contributed by atoms with van der Waals surface area (Å²) in [5, 5.41) is 3.08. The lowest BCUT2D eigenvalue weighted by atomic mass is 10.1. The van der Waals surface area contributed by atoms with Crippen molar-refractivity contribution < 1.29 is 35.7 Å². The molecule has 0 bridgehead atoms. The Kier molecular flexibility index (Phi) is 5.26. The summed E-state index contributed by atoms with van der Waals surface area (Å²) in [7, 11) is -1.64. The molecule has 0 unspecified atom stereocenters. The van der Waals surface area contributed by atoms with Crippen LogP contribution < -0.4 is 24.6 Å². The van der Waals surface area contributed by atoms with Crippen LogP contribution in [-0.4, -0.2) is 28.5 Å². The predicted molar refractivity (Wildman–Crippen MR) is 114 cm³/mol. The molecule has 32 heavy (non-hydrogen) atoms. The molecule has 0 saturated carbocycles. The van der Waals surface area contributed by atoms with Gasteiger partial charge in [-0.3, -0.25) is 4.79 Å². The molecule has 4 rings (SSSR count). The number of rotatable bonds is 6. The van der Waals surface area contributed by atoms with Crippen LogP contribution in [0.2, 0.25) is 0 Å². The summed E-state index contributed by atoms with van der Waals surface area (Å²) < 4.78 is 52.7. The van der Waals surface area contributed by atoms with E-state index in [0.29, 0.717) is 11.1 Å². The molecule has 0 aliphatic heterocycles. The number of carbonyl (C=O) groups is 1. The van der Waals surface area contributed by atoms with Gasteiger partial charge < -0.3 is 27.8 Å². The summed E-state index contributed by atoms with van der Waals surface area (Å²) in [5.41, 5.74) is -0.287. The van der Waals surface area contributed by atoms with Crippen LogP contribution in [0.3, 0.4) is 0 Å². The fraction of sp³-hybridized carbons (Fsp3) is 0.143. The van der Waals surface area contributed by atoms with Crippen molar-refractivity contribution in [3.8, 4) is 17.2 Å². The fourth-order valence-electron chi connectivity index (χ4n) is 3.29. The van der Waals surface area contributed by atoms with Crippen molar-refractivity contribution in [3.63, 3.8) is 0 Å². The minimum Gasteiger partial charge on any atom is -0.495 e. The van der Waals surface area contributed by atoms with E-state index >= 15 is 0 Å². The van der Waals surface area contributed by atoms with Gasteiger partial charge in [0.2, 0.25) is 11.7 Å². The Labute approximate surface area is 181 Å². The van der Waals surface area contributed by atoms with Gasteiger partial charge in [-0.25, -0.2) is 4.79 Å². The lowest BCUT2D eigenvalue weighted by Gasteiger charge is -2.14. The molecule has 2 aromatic heterocycles. The second kappa shape index (κ2) is 7.93. The first-order valence-corrected chi connectivity index (χ1v) is 10.6.